The summed E-state index contributed by atoms with van der Waals surface area (Å²) in [7, 11) is 2.98. The Morgan fingerprint density at radius 2 is 1.92 bits per heavy atom. The van der Waals surface area contributed by atoms with E-state index in [0.717, 1.165) is 6.20 Å². The molecule has 0 fully saturated rings. The second-order valence-corrected chi connectivity index (χ2v) is 8.03. The molecular weight excluding hydrogens is 529 g/mol. The van der Waals surface area contributed by atoms with Gasteiger partial charge in [-0.25, -0.2) is 15.0 Å². The molecule has 202 valence electrons. The normalized spacial score (nSPS) is 13.1. The number of rotatable bonds is 10. The number of carbonyl (C=O) groups excluding carboxylic acids is 1. The van der Waals surface area contributed by atoms with Gasteiger partial charge in [-0.05, 0) is 12.5 Å². The van der Waals surface area contributed by atoms with Crippen LogP contribution in [0.4, 0.5) is 19.1 Å². The quantitative estimate of drug-likeness (QED) is 0.192. The van der Waals surface area contributed by atoms with Crippen molar-refractivity contribution in [3.63, 3.8) is 0 Å². The average Bonchev–Trinajstić information content (AvgIpc) is 3.21. The number of hydrogen-bond acceptors (Lipinski definition) is 10. The van der Waals surface area contributed by atoms with Crippen LogP contribution in [-0.2, 0) is 11.8 Å². The number of hydrogen-bond donors (Lipinski definition) is 3. The third kappa shape index (κ3) is 6.14. The SMILES string of the molecule is CCCC(=O)/C(=C\C(=C/N)C(F)(F)F)Nc1nc2ncc(OC(=CN)c3cnc(OC)cn3)c(Cl)c2n1C. The molecule has 0 saturated carbocycles. The lowest BCUT2D eigenvalue weighted by Gasteiger charge is -2.13. The number of ketones is 1. The number of imidazole rings is 1. The summed E-state index contributed by atoms with van der Waals surface area (Å²) in [6.45, 7) is 1.72. The third-order valence-electron chi connectivity index (χ3n) is 5.10. The van der Waals surface area contributed by atoms with Gasteiger partial charge in [0.25, 0.3) is 0 Å². The summed E-state index contributed by atoms with van der Waals surface area (Å²) in [5.41, 5.74) is 10.0. The fraction of sp³-hybridized carbons (Fsp3) is 0.261. The number of nitrogens with two attached hydrogens (primary N) is 2. The summed E-state index contributed by atoms with van der Waals surface area (Å²) in [6, 6.07) is 0. The van der Waals surface area contributed by atoms with Crippen LogP contribution in [-0.4, -0.2) is 43.6 Å². The molecule has 0 spiro atoms. The summed E-state index contributed by atoms with van der Waals surface area (Å²) in [5, 5.41) is 2.73. The van der Waals surface area contributed by atoms with Crippen molar-refractivity contribution in [2.75, 3.05) is 12.4 Å². The lowest BCUT2D eigenvalue weighted by Crippen LogP contribution is -2.18. The van der Waals surface area contributed by atoms with Crippen LogP contribution < -0.4 is 26.3 Å². The molecule has 3 aromatic heterocycles. The Morgan fingerprint density at radius 3 is 2.47 bits per heavy atom. The van der Waals surface area contributed by atoms with Crippen LogP contribution in [0.3, 0.4) is 0 Å². The number of Topliss-reactive ketones (excluding diaryl/α,β-unsaturated/α-hetero) is 1. The van der Waals surface area contributed by atoms with Gasteiger partial charge in [0.15, 0.2) is 22.9 Å². The van der Waals surface area contributed by atoms with Crippen LogP contribution in [0.2, 0.25) is 5.02 Å². The fourth-order valence-electron chi connectivity index (χ4n) is 3.18. The maximum atomic E-state index is 13.3. The minimum Gasteiger partial charge on any atom is -0.480 e. The molecule has 0 aliphatic rings. The number of anilines is 1. The van der Waals surface area contributed by atoms with E-state index in [1.165, 1.54) is 37.3 Å². The number of halogens is 4. The molecule has 0 radical (unpaired) electrons. The molecule has 0 atom stereocenters. The molecule has 38 heavy (non-hydrogen) atoms. The Morgan fingerprint density at radius 1 is 1.18 bits per heavy atom. The van der Waals surface area contributed by atoms with Crippen molar-refractivity contribution < 1.29 is 27.4 Å². The minimum atomic E-state index is -4.76. The lowest BCUT2D eigenvalue weighted by atomic mass is 10.1. The molecule has 0 amide bonds. The number of alkyl halides is 3. The van der Waals surface area contributed by atoms with Gasteiger partial charge in [0.05, 0.1) is 37.0 Å². The van der Waals surface area contributed by atoms with Gasteiger partial charge < -0.3 is 30.8 Å². The van der Waals surface area contributed by atoms with Crippen molar-refractivity contribution in [2.24, 2.45) is 18.5 Å². The molecule has 0 aliphatic carbocycles. The molecule has 0 aliphatic heterocycles. The van der Waals surface area contributed by atoms with Crippen molar-refractivity contribution in [1.82, 2.24) is 24.5 Å². The van der Waals surface area contributed by atoms with Gasteiger partial charge in [0, 0.05) is 25.9 Å². The number of carbonyl (C=O) groups is 1. The maximum absolute atomic E-state index is 13.3. The number of fused-ring (bicyclic) bond motifs is 1. The predicted octanol–water partition coefficient (Wildman–Crippen LogP) is 3.83. The lowest BCUT2D eigenvalue weighted by molar-refractivity contribution is -0.115. The molecule has 0 saturated heterocycles. The van der Waals surface area contributed by atoms with Gasteiger partial charge in [-0.1, -0.05) is 18.5 Å². The standard InChI is InChI=1S/C23H24ClF3N8O3/c1-4-5-15(36)13(6-12(7-28)23(25,26)27)33-22-34-21-20(35(22)2)19(24)17(10-32-21)38-16(8-29)14-9-31-18(37-3)11-30-14/h6-11H,4-5,28-29H2,1-3H3,(H,32,33,34)/b12-7+,13-6+,16-8?. The van der Waals surface area contributed by atoms with Crippen LogP contribution in [0.1, 0.15) is 25.5 Å². The Bertz CT molecular complexity index is 1420. The minimum absolute atomic E-state index is 0.00205. The topological polar surface area (TPSA) is 156 Å². The number of allylic oxidation sites excluding steroid dienone is 3. The second-order valence-electron chi connectivity index (χ2n) is 7.66. The number of nitrogens with zero attached hydrogens (tertiary/aromatic N) is 5. The van der Waals surface area contributed by atoms with E-state index in [1.54, 1.807) is 6.92 Å². The highest BCUT2D eigenvalue weighted by Gasteiger charge is 2.33. The largest absolute Gasteiger partial charge is 0.480 e. The predicted molar refractivity (Wildman–Crippen MR) is 135 cm³/mol. The molecule has 15 heteroatoms. The molecule has 0 bridgehead atoms. The maximum Gasteiger partial charge on any atom is 0.417 e. The summed E-state index contributed by atoms with van der Waals surface area (Å²) >= 11 is 6.58. The number of aromatic nitrogens is 5. The third-order valence-corrected chi connectivity index (χ3v) is 5.46. The van der Waals surface area contributed by atoms with Crippen LogP contribution >= 0.6 is 11.6 Å². The van der Waals surface area contributed by atoms with E-state index < -0.39 is 17.5 Å². The van der Waals surface area contributed by atoms with Crippen molar-refractivity contribution in [3.8, 4) is 11.6 Å². The first-order valence-electron chi connectivity index (χ1n) is 11.0. The van der Waals surface area contributed by atoms with Gasteiger partial charge in [-0.3, -0.25) is 4.79 Å². The molecule has 3 rings (SSSR count). The van der Waals surface area contributed by atoms with E-state index in [4.69, 9.17) is 32.5 Å². The molecule has 0 unspecified atom stereocenters. The number of aryl methyl sites for hydroxylation is 1. The highest BCUT2D eigenvalue weighted by Crippen LogP contribution is 2.35. The summed E-state index contributed by atoms with van der Waals surface area (Å²) < 4.78 is 52.1. The van der Waals surface area contributed by atoms with E-state index in [-0.39, 0.29) is 57.3 Å². The molecule has 3 aromatic rings. The highest BCUT2D eigenvalue weighted by atomic mass is 35.5. The second kappa shape index (κ2) is 11.8. The highest BCUT2D eigenvalue weighted by molar-refractivity contribution is 6.36. The number of ether oxygens (including phenoxy) is 2. The van der Waals surface area contributed by atoms with Gasteiger partial charge in [-0.15, -0.1) is 0 Å². The van der Waals surface area contributed by atoms with Crippen molar-refractivity contribution >= 4 is 40.3 Å². The van der Waals surface area contributed by atoms with E-state index in [0.29, 0.717) is 18.7 Å². The fourth-order valence-corrected chi connectivity index (χ4v) is 3.48. The number of nitrogens with one attached hydrogen (secondary N) is 1. The van der Waals surface area contributed by atoms with Gasteiger partial charge in [0.2, 0.25) is 11.8 Å². The summed E-state index contributed by atoms with van der Waals surface area (Å²) in [5.74, 6) is -0.0593. The van der Waals surface area contributed by atoms with Crippen LogP contribution in [0, 0.1) is 0 Å². The van der Waals surface area contributed by atoms with E-state index in [2.05, 4.69) is 25.3 Å². The van der Waals surface area contributed by atoms with Crippen molar-refractivity contribution in [2.45, 2.75) is 25.9 Å². The zero-order valence-corrected chi connectivity index (χ0v) is 21.3. The first-order valence-corrected chi connectivity index (χ1v) is 11.4. The Kier molecular flexibility index (Phi) is 8.78. The van der Waals surface area contributed by atoms with Crippen LogP contribution in [0.25, 0.3) is 16.9 Å². The van der Waals surface area contributed by atoms with Crippen molar-refractivity contribution in [1.29, 1.82) is 0 Å². The van der Waals surface area contributed by atoms with E-state index in [9.17, 15) is 18.0 Å². The first kappa shape index (κ1) is 28.2. The monoisotopic (exact) mass is 552 g/mol. The van der Waals surface area contributed by atoms with Crippen LogP contribution in [0.5, 0.6) is 11.6 Å². The molecule has 5 N–H and O–H groups in total. The van der Waals surface area contributed by atoms with E-state index >= 15 is 0 Å². The van der Waals surface area contributed by atoms with Gasteiger partial charge in [0.1, 0.15) is 16.2 Å². The summed E-state index contributed by atoms with van der Waals surface area (Å²) in [6.07, 6.45) is 1.88. The van der Waals surface area contributed by atoms with Gasteiger partial charge >= 0.3 is 6.18 Å². The molecule has 11 nitrogen and oxygen atoms in total. The van der Waals surface area contributed by atoms with Crippen molar-refractivity contribution in [3.05, 3.63) is 59.1 Å². The van der Waals surface area contributed by atoms with Crippen LogP contribution in [0.15, 0.2) is 48.3 Å². The zero-order chi connectivity index (χ0) is 28.0. The van der Waals surface area contributed by atoms with E-state index in [1.807, 2.05) is 0 Å². The Labute approximate surface area is 220 Å². The molecular formula is C23H24ClF3N8O3. The average molecular weight is 553 g/mol. The smallest absolute Gasteiger partial charge is 0.417 e. The van der Waals surface area contributed by atoms with Gasteiger partial charge in [-0.2, -0.15) is 18.2 Å². The molecule has 3 heterocycles. The first-order chi connectivity index (χ1) is 18.0. The summed E-state index contributed by atoms with van der Waals surface area (Å²) in [4.78, 5) is 29.3. The Balaban J connectivity index is 1.99. The molecule has 0 aromatic carbocycles. The number of methoxy groups -OCH3 is 1. The Hall–Kier alpha value is -4.33. The number of pyridine rings is 1. The zero-order valence-electron chi connectivity index (χ0n) is 20.5.